The highest BCUT2D eigenvalue weighted by Gasteiger charge is 2.20. The van der Waals surface area contributed by atoms with E-state index in [0.717, 1.165) is 11.9 Å². The minimum atomic E-state index is -0.429. The molecule has 4 rings (SSSR count). The summed E-state index contributed by atoms with van der Waals surface area (Å²) < 4.78 is 18.7. The third kappa shape index (κ3) is 5.41. The topological polar surface area (TPSA) is 137 Å². The molecular weight excluding hydrogens is 405 g/mol. The van der Waals surface area contributed by atoms with Crippen molar-refractivity contribution in [3.8, 4) is 0 Å². The van der Waals surface area contributed by atoms with Gasteiger partial charge in [0.1, 0.15) is 5.82 Å². The first-order valence-electron chi connectivity index (χ1n) is 9.97. The number of aliphatic hydroxyl groups excluding tert-OH is 1. The molecule has 3 aromatic heterocycles. The molecule has 4 heterocycles. The third-order valence-electron chi connectivity index (χ3n) is 4.69. The van der Waals surface area contributed by atoms with Crippen LogP contribution in [0.1, 0.15) is 23.9 Å². The van der Waals surface area contributed by atoms with Crippen molar-refractivity contribution < 1.29 is 14.2 Å². The van der Waals surface area contributed by atoms with E-state index in [-0.39, 0.29) is 6.61 Å². The van der Waals surface area contributed by atoms with Crippen LogP contribution in [0.3, 0.4) is 0 Å². The zero-order chi connectivity index (χ0) is 21.6. The van der Waals surface area contributed by atoms with E-state index in [1.165, 1.54) is 6.07 Å². The Kier molecular flexibility index (Phi) is 6.48. The second-order valence-electron chi connectivity index (χ2n) is 7.05. The Bertz CT molecular complexity index is 992. The van der Waals surface area contributed by atoms with Crippen molar-refractivity contribution in [2.75, 3.05) is 48.4 Å². The predicted molar refractivity (Wildman–Crippen MR) is 112 cm³/mol. The molecule has 0 aliphatic carbocycles. The quantitative estimate of drug-likeness (QED) is 0.417. The largest absolute Gasteiger partial charge is 0.396 e. The number of hydrogen-bond donors (Lipinski definition) is 4. The van der Waals surface area contributed by atoms with Gasteiger partial charge in [-0.15, -0.1) is 0 Å². The van der Waals surface area contributed by atoms with Crippen molar-refractivity contribution in [1.82, 2.24) is 30.1 Å². The minimum absolute atomic E-state index is 0.0875. The first-order valence-corrected chi connectivity index (χ1v) is 9.97. The first kappa shape index (κ1) is 20.9. The Morgan fingerprint density at radius 1 is 1.23 bits per heavy atom. The molecule has 164 valence electrons. The summed E-state index contributed by atoms with van der Waals surface area (Å²) in [5, 5.41) is 22.8. The van der Waals surface area contributed by atoms with Crippen molar-refractivity contribution in [2.24, 2.45) is 0 Å². The van der Waals surface area contributed by atoms with Crippen molar-refractivity contribution in [3.05, 3.63) is 41.6 Å². The van der Waals surface area contributed by atoms with Gasteiger partial charge >= 0.3 is 0 Å². The van der Waals surface area contributed by atoms with Crippen LogP contribution >= 0.6 is 0 Å². The lowest BCUT2D eigenvalue weighted by molar-refractivity contribution is 0.122. The Labute approximate surface area is 178 Å². The van der Waals surface area contributed by atoms with Crippen LogP contribution in [0.4, 0.5) is 28.1 Å². The van der Waals surface area contributed by atoms with Crippen LogP contribution in [0.2, 0.25) is 0 Å². The second kappa shape index (κ2) is 9.62. The maximum Gasteiger partial charge on any atom is 0.235 e. The van der Waals surface area contributed by atoms with Crippen LogP contribution in [0.5, 0.6) is 0 Å². The Morgan fingerprint density at radius 3 is 2.71 bits per heavy atom. The summed E-state index contributed by atoms with van der Waals surface area (Å²) in [6.45, 7) is 4.29. The predicted octanol–water partition coefficient (Wildman–Crippen LogP) is 1.55. The van der Waals surface area contributed by atoms with Crippen molar-refractivity contribution in [3.63, 3.8) is 0 Å². The molecule has 12 heteroatoms. The van der Waals surface area contributed by atoms with E-state index < -0.39 is 11.9 Å². The fraction of sp³-hybridized carbons (Fsp3) is 0.421. The molecule has 0 radical (unpaired) electrons. The fourth-order valence-electron chi connectivity index (χ4n) is 3.16. The number of hydrogen-bond acceptors (Lipinski definition) is 10. The number of aromatic amines is 1. The molecule has 1 atom stereocenters. The molecule has 1 saturated heterocycles. The maximum atomic E-state index is 13.3. The van der Waals surface area contributed by atoms with E-state index in [2.05, 4.69) is 40.8 Å². The molecule has 1 aliphatic rings. The van der Waals surface area contributed by atoms with Crippen LogP contribution in [0.15, 0.2) is 24.4 Å². The smallest absolute Gasteiger partial charge is 0.235 e. The zero-order valence-corrected chi connectivity index (χ0v) is 17.0. The van der Waals surface area contributed by atoms with Gasteiger partial charge in [-0.25, -0.2) is 4.39 Å². The minimum Gasteiger partial charge on any atom is -0.396 e. The van der Waals surface area contributed by atoms with Gasteiger partial charge in [0.2, 0.25) is 17.8 Å². The van der Waals surface area contributed by atoms with Gasteiger partial charge in [-0.2, -0.15) is 20.1 Å². The molecule has 0 spiro atoms. The average molecular weight is 429 g/mol. The van der Waals surface area contributed by atoms with E-state index in [0.29, 0.717) is 62.1 Å². The fourth-order valence-corrected chi connectivity index (χ4v) is 3.16. The number of nitrogens with one attached hydrogen (secondary N) is 3. The number of aryl methyl sites for hydroxylation is 1. The number of aliphatic hydroxyl groups is 1. The van der Waals surface area contributed by atoms with Crippen LogP contribution in [0.25, 0.3) is 0 Å². The lowest BCUT2D eigenvalue weighted by Crippen LogP contribution is -2.37. The second-order valence-corrected chi connectivity index (χ2v) is 7.05. The van der Waals surface area contributed by atoms with Gasteiger partial charge in [-0.05, 0) is 25.5 Å². The van der Waals surface area contributed by atoms with Crippen LogP contribution in [-0.4, -0.2) is 68.1 Å². The van der Waals surface area contributed by atoms with E-state index >= 15 is 0 Å². The molecule has 0 saturated carbocycles. The molecule has 31 heavy (non-hydrogen) atoms. The number of halogens is 1. The lowest BCUT2D eigenvalue weighted by atomic mass is 10.1. The lowest BCUT2D eigenvalue weighted by Gasteiger charge is -2.27. The Hall–Kier alpha value is -3.38. The molecule has 1 unspecified atom stereocenters. The van der Waals surface area contributed by atoms with Crippen molar-refractivity contribution >= 4 is 23.7 Å². The number of anilines is 4. The summed E-state index contributed by atoms with van der Waals surface area (Å²) >= 11 is 0. The average Bonchev–Trinajstić information content (AvgIpc) is 3.19. The Balaban J connectivity index is 1.63. The van der Waals surface area contributed by atoms with Crippen molar-refractivity contribution in [1.29, 1.82) is 0 Å². The van der Waals surface area contributed by atoms with E-state index in [4.69, 9.17) is 4.74 Å². The van der Waals surface area contributed by atoms with Gasteiger partial charge in [0.05, 0.1) is 31.1 Å². The maximum absolute atomic E-state index is 13.3. The summed E-state index contributed by atoms with van der Waals surface area (Å²) in [7, 11) is 0. The highest BCUT2D eigenvalue weighted by molar-refractivity contribution is 5.52. The van der Waals surface area contributed by atoms with Gasteiger partial charge in [-0.1, -0.05) is 0 Å². The molecule has 4 N–H and O–H groups in total. The number of rotatable bonds is 8. The first-order chi connectivity index (χ1) is 15.1. The standard InChI is InChI=1S/C19H24FN9O2/c1-12-10-16(28-27-12)23-18-24-17(25-19(26-18)29-5-8-31-9-6-29)22-15(4-7-30)14-3-2-13(20)11-21-14/h2-3,10-11,15,30H,4-9H2,1H3,(H3,22,23,24,25,26,27,28). The van der Waals surface area contributed by atoms with E-state index in [1.54, 1.807) is 6.07 Å². The molecule has 0 aromatic carbocycles. The number of aromatic nitrogens is 6. The summed E-state index contributed by atoms with van der Waals surface area (Å²) in [5.74, 6) is 1.26. The Morgan fingerprint density at radius 2 is 2.03 bits per heavy atom. The van der Waals surface area contributed by atoms with Crippen molar-refractivity contribution in [2.45, 2.75) is 19.4 Å². The number of morpholine rings is 1. The highest BCUT2D eigenvalue weighted by Crippen LogP contribution is 2.23. The summed E-state index contributed by atoms with van der Waals surface area (Å²) in [4.78, 5) is 19.7. The van der Waals surface area contributed by atoms with Gasteiger partial charge in [0.25, 0.3) is 0 Å². The monoisotopic (exact) mass is 429 g/mol. The van der Waals surface area contributed by atoms with Crippen LogP contribution in [0, 0.1) is 12.7 Å². The number of H-pyrrole nitrogens is 1. The number of ether oxygens (including phenoxy) is 1. The number of pyridine rings is 1. The van der Waals surface area contributed by atoms with Gasteiger partial charge in [0, 0.05) is 31.5 Å². The van der Waals surface area contributed by atoms with E-state index in [9.17, 15) is 9.50 Å². The van der Waals surface area contributed by atoms with E-state index in [1.807, 2.05) is 17.9 Å². The SMILES string of the molecule is Cc1cc(Nc2nc(NC(CCO)c3ccc(F)cn3)nc(N3CCOCC3)n2)n[nH]1. The summed E-state index contributed by atoms with van der Waals surface area (Å²) in [6, 6.07) is 4.32. The molecule has 0 amide bonds. The normalized spacial score (nSPS) is 15.0. The van der Waals surface area contributed by atoms with Crippen LogP contribution in [-0.2, 0) is 4.74 Å². The molecule has 3 aromatic rings. The highest BCUT2D eigenvalue weighted by atomic mass is 19.1. The molecule has 1 aliphatic heterocycles. The third-order valence-corrected chi connectivity index (χ3v) is 4.69. The molecular formula is C19H24FN9O2. The van der Waals surface area contributed by atoms with Gasteiger partial charge < -0.3 is 25.4 Å². The zero-order valence-electron chi connectivity index (χ0n) is 17.0. The van der Waals surface area contributed by atoms with Gasteiger partial charge in [-0.3, -0.25) is 10.1 Å². The number of nitrogens with zero attached hydrogens (tertiary/aromatic N) is 6. The molecule has 11 nitrogen and oxygen atoms in total. The molecule has 0 bridgehead atoms. The summed E-state index contributed by atoms with van der Waals surface area (Å²) in [5.41, 5.74) is 1.47. The molecule has 1 fully saturated rings. The summed E-state index contributed by atoms with van der Waals surface area (Å²) in [6.07, 6.45) is 1.49. The van der Waals surface area contributed by atoms with Crippen LogP contribution < -0.4 is 15.5 Å². The van der Waals surface area contributed by atoms with Gasteiger partial charge in [0.15, 0.2) is 5.82 Å².